The average molecular weight is 264 g/mol. The molecule has 0 saturated heterocycles. The quantitative estimate of drug-likeness (QED) is 0.376. The Morgan fingerprint density at radius 2 is 2.00 bits per heavy atom. The van der Waals surface area contributed by atoms with Gasteiger partial charge in [0.2, 0.25) is 6.54 Å². The van der Waals surface area contributed by atoms with Crippen LogP contribution in [0.1, 0.15) is 18.4 Å². The molecule has 1 atom stereocenters. The lowest BCUT2D eigenvalue weighted by Gasteiger charge is -2.17. The molecule has 0 bridgehead atoms. The fraction of sp³-hybridized carbons (Fsp3) is 0.308. The summed E-state index contributed by atoms with van der Waals surface area (Å²) in [6.45, 7) is 1.12. The first-order chi connectivity index (χ1) is 8.97. The standard InChI is InChI=1S/C13H16N2O4/c1-9(14)12(13(16)19-2)11(8-15(17)18)10-6-4-3-5-7-10/h3-7,11H,8,14H2,1-2H3/b12-9+. The highest BCUT2D eigenvalue weighted by atomic mass is 16.6. The summed E-state index contributed by atoms with van der Waals surface area (Å²) >= 11 is 0. The number of ether oxygens (including phenoxy) is 1. The first kappa shape index (κ1) is 14.7. The maximum absolute atomic E-state index is 11.8. The summed E-state index contributed by atoms with van der Waals surface area (Å²) in [5, 5.41) is 10.8. The second-order valence-corrected chi connectivity index (χ2v) is 4.07. The number of hydrogen-bond acceptors (Lipinski definition) is 5. The van der Waals surface area contributed by atoms with Gasteiger partial charge in [-0.2, -0.15) is 0 Å². The molecule has 0 heterocycles. The van der Waals surface area contributed by atoms with Crippen LogP contribution >= 0.6 is 0 Å². The summed E-state index contributed by atoms with van der Waals surface area (Å²) in [6.07, 6.45) is 0. The number of carbonyl (C=O) groups excluding carboxylic acids is 1. The van der Waals surface area contributed by atoms with Gasteiger partial charge in [0, 0.05) is 10.6 Å². The maximum Gasteiger partial charge on any atom is 0.336 e. The maximum atomic E-state index is 11.8. The predicted molar refractivity (Wildman–Crippen MR) is 69.9 cm³/mol. The summed E-state index contributed by atoms with van der Waals surface area (Å²) in [5.41, 5.74) is 6.69. The van der Waals surface area contributed by atoms with Crippen LogP contribution in [-0.2, 0) is 9.53 Å². The average Bonchev–Trinajstić information content (AvgIpc) is 2.37. The molecule has 2 N–H and O–H groups in total. The van der Waals surface area contributed by atoms with Gasteiger partial charge in [-0.1, -0.05) is 30.3 Å². The Morgan fingerprint density at radius 1 is 1.42 bits per heavy atom. The minimum atomic E-state index is -0.714. The van der Waals surface area contributed by atoms with Crippen LogP contribution < -0.4 is 5.73 Å². The van der Waals surface area contributed by atoms with Crippen molar-refractivity contribution in [1.82, 2.24) is 0 Å². The van der Waals surface area contributed by atoms with Crippen molar-refractivity contribution >= 4 is 5.97 Å². The van der Waals surface area contributed by atoms with Crippen LogP contribution in [0.15, 0.2) is 41.6 Å². The van der Waals surface area contributed by atoms with E-state index < -0.39 is 23.4 Å². The van der Waals surface area contributed by atoms with E-state index >= 15 is 0 Å². The Bertz CT molecular complexity index is 493. The van der Waals surface area contributed by atoms with Gasteiger partial charge in [0.25, 0.3) is 0 Å². The van der Waals surface area contributed by atoms with Gasteiger partial charge in [0.05, 0.1) is 18.6 Å². The largest absolute Gasteiger partial charge is 0.466 e. The molecule has 0 amide bonds. The molecule has 0 aliphatic carbocycles. The molecule has 102 valence electrons. The van der Waals surface area contributed by atoms with E-state index in [0.717, 1.165) is 0 Å². The predicted octanol–water partition coefficient (Wildman–Crippen LogP) is 1.45. The normalized spacial score (nSPS) is 13.4. The molecule has 1 aromatic rings. The Hall–Kier alpha value is -2.37. The molecular formula is C13H16N2O4. The first-order valence-corrected chi connectivity index (χ1v) is 5.68. The fourth-order valence-electron chi connectivity index (χ4n) is 1.89. The van der Waals surface area contributed by atoms with Gasteiger partial charge < -0.3 is 10.5 Å². The van der Waals surface area contributed by atoms with Crippen LogP contribution in [-0.4, -0.2) is 24.5 Å². The van der Waals surface area contributed by atoms with Crippen molar-refractivity contribution in [3.8, 4) is 0 Å². The van der Waals surface area contributed by atoms with Gasteiger partial charge in [-0.15, -0.1) is 0 Å². The SMILES string of the molecule is COC(=O)/C(=C(\C)N)C(C[N+](=O)[O-])c1ccccc1. The van der Waals surface area contributed by atoms with Crippen molar-refractivity contribution in [2.24, 2.45) is 5.73 Å². The lowest BCUT2D eigenvalue weighted by atomic mass is 9.90. The number of hydrogen-bond donors (Lipinski definition) is 1. The van der Waals surface area contributed by atoms with E-state index in [2.05, 4.69) is 4.74 Å². The minimum Gasteiger partial charge on any atom is -0.466 e. The highest BCUT2D eigenvalue weighted by Crippen LogP contribution is 2.26. The van der Waals surface area contributed by atoms with Gasteiger partial charge >= 0.3 is 5.97 Å². The van der Waals surface area contributed by atoms with E-state index in [4.69, 9.17) is 5.73 Å². The van der Waals surface area contributed by atoms with Crippen molar-refractivity contribution in [3.63, 3.8) is 0 Å². The Kier molecular flexibility index (Phi) is 5.05. The molecule has 1 rings (SSSR count). The summed E-state index contributed by atoms with van der Waals surface area (Å²) in [7, 11) is 1.22. The van der Waals surface area contributed by atoms with Gasteiger partial charge in [-0.05, 0) is 12.5 Å². The minimum absolute atomic E-state index is 0.130. The van der Waals surface area contributed by atoms with Crippen LogP contribution in [0.25, 0.3) is 0 Å². The van der Waals surface area contributed by atoms with Crippen LogP contribution in [0.3, 0.4) is 0 Å². The van der Waals surface area contributed by atoms with Crippen molar-refractivity contribution < 1.29 is 14.5 Å². The molecule has 0 aliphatic heterocycles. The third-order valence-electron chi connectivity index (χ3n) is 2.71. The van der Waals surface area contributed by atoms with Gasteiger partial charge in [0.1, 0.15) is 0 Å². The smallest absolute Gasteiger partial charge is 0.336 e. The zero-order valence-corrected chi connectivity index (χ0v) is 10.8. The molecule has 0 aliphatic rings. The molecule has 19 heavy (non-hydrogen) atoms. The van der Waals surface area contributed by atoms with Crippen molar-refractivity contribution in [2.75, 3.05) is 13.7 Å². The number of nitrogens with zero attached hydrogens (tertiary/aromatic N) is 1. The summed E-state index contributed by atoms with van der Waals surface area (Å²) in [5.74, 6) is -1.36. The number of allylic oxidation sites excluding steroid dienone is 1. The van der Waals surface area contributed by atoms with E-state index in [9.17, 15) is 14.9 Å². The molecule has 1 unspecified atom stereocenters. The van der Waals surface area contributed by atoms with Gasteiger partial charge in [-0.3, -0.25) is 10.1 Å². The lowest BCUT2D eigenvalue weighted by Crippen LogP contribution is -2.23. The fourth-order valence-corrected chi connectivity index (χ4v) is 1.89. The highest BCUT2D eigenvalue weighted by molar-refractivity contribution is 5.90. The van der Waals surface area contributed by atoms with Crippen LogP contribution in [0, 0.1) is 10.1 Å². The van der Waals surface area contributed by atoms with Gasteiger partial charge in [0.15, 0.2) is 0 Å². The molecule has 6 heteroatoms. The molecule has 1 aromatic carbocycles. The van der Waals surface area contributed by atoms with E-state index in [-0.39, 0.29) is 11.3 Å². The van der Waals surface area contributed by atoms with Crippen molar-refractivity contribution in [3.05, 3.63) is 57.3 Å². The van der Waals surface area contributed by atoms with Crippen LogP contribution in [0.5, 0.6) is 0 Å². The third kappa shape index (κ3) is 3.80. The lowest BCUT2D eigenvalue weighted by molar-refractivity contribution is -0.481. The number of nitrogens with two attached hydrogens (primary N) is 1. The van der Waals surface area contributed by atoms with Crippen LogP contribution in [0.4, 0.5) is 0 Å². The molecule has 0 spiro atoms. The number of carbonyl (C=O) groups is 1. The molecule has 6 nitrogen and oxygen atoms in total. The molecular weight excluding hydrogens is 248 g/mol. The number of esters is 1. The molecule has 0 fully saturated rings. The summed E-state index contributed by atoms with van der Waals surface area (Å²) in [6, 6.07) is 8.75. The molecule has 0 radical (unpaired) electrons. The Balaban J connectivity index is 3.27. The number of methoxy groups -OCH3 is 1. The van der Waals surface area contributed by atoms with E-state index in [1.807, 2.05) is 0 Å². The van der Waals surface area contributed by atoms with E-state index in [0.29, 0.717) is 5.56 Å². The summed E-state index contributed by atoms with van der Waals surface area (Å²) < 4.78 is 4.66. The second-order valence-electron chi connectivity index (χ2n) is 4.07. The topological polar surface area (TPSA) is 95.5 Å². The van der Waals surface area contributed by atoms with Crippen molar-refractivity contribution in [2.45, 2.75) is 12.8 Å². The van der Waals surface area contributed by atoms with Crippen molar-refractivity contribution in [1.29, 1.82) is 0 Å². The van der Waals surface area contributed by atoms with E-state index in [1.165, 1.54) is 14.0 Å². The molecule has 0 saturated carbocycles. The number of rotatable bonds is 5. The van der Waals surface area contributed by atoms with Crippen LogP contribution in [0.2, 0.25) is 0 Å². The Morgan fingerprint density at radius 3 is 2.42 bits per heavy atom. The zero-order valence-electron chi connectivity index (χ0n) is 10.8. The van der Waals surface area contributed by atoms with E-state index in [1.54, 1.807) is 30.3 Å². The molecule has 0 aromatic heterocycles. The number of nitro groups is 1. The first-order valence-electron chi connectivity index (χ1n) is 5.68. The zero-order chi connectivity index (χ0) is 14.4. The summed E-state index contributed by atoms with van der Waals surface area (Å²) in [4.78, 5) is 22.1. The highest BCUT2D eigenvalue weighted by Gasteiger charge is 2.29. The van der Waals surface area contributed by atoms with Gasteiger partial charge in [-0.25, -0.2) is 4.79 Å². The third-order valence-corrected chi connectivity index (χ3v) is 2.71. The second kappa shape index (κ2) is 6.53. The monoisotopic (exact) mass is 264 g/mol. The Labute approximate surface area is 111 Å². The number of benzene rings is 1.